The monoisotopic (exact) mass is 378 g/mol. The molecule has 0 amide bonds. The van der Waals surface area contributed by atoms with Crippen molar-refractivity contribution in [2.75, 3.05) is 35.7 Å². The van der Waals surface area contributed by atoms with Crippen molar-refractivity contribution < 1.29 is 4.74 Å². The van der Waals surface area contributed by atoms with Gasteiger partial charge in [0, 0.05) is 31.0 Å². The summed E-state index contributed by atoms with van der Waals surface area (Å²) in [5.41, 5.74) is 3.25. The molecule has 0 unspecified atom stereocenters. The second-order valence-corrected chi connectivity index (χ2v) is 6.21. The van der Waals surface area contributed by atoms with Crippen molar-refractivity contribution in [2.24, 2.45) is 0 Å². The fourth-order valence-corrected chi connectivity index (χ4v) is 2.85. The Morgan fingerprint density at radius 1 is 0.964 bits per heavy atom. The summed E-state index contributed by atoms with van der Waals surface area (Å²) in [7, 11) is 1.66. The molecule has 7 heteroatoms. The van der Waals surface area contributed by atoms with Crippen molar-refractivity contribution in [1.82, 2.24) is 15.2 Å². The van der Waals surface area contributed by atoms with Gasteiger partial charge in [0.2, 0.25) is 5.95 Å². The molecule has 1 heterocycles. The second kappa shape index (κ2) is 9.55. The van der Waals surface area contributed by atoms with E-state index < -0.39 is 0 Å². The van der Waals surface area contributed by atoms with Gasteiger partial charge in [-0.2, -0.15) is 10.1 Å². The van der Waals surface area contributed by atoms with E-state index in [2.05, 4.69) is 56.7 Å². The number of hydrogen-bond acceptors (Lipinski definition) is 7. The molecule has 0 radical (unpaired) electrons. The van der Waals surface area contributed by atoms with Gasteiger partial charge in [0.1, 0.15) is 5.75 Å². The van der Waals surface area contributed by atoms with E-state index in [1.54, 1.807) is 13.3 Å². The van der Waals surface area contributed by atoms with Crippen LogP contribution < -0.4 is 20.3 Å². The maximum atomic E-state index is 5.18. The van der Waals surface area contributed by atoms with Crippen molar-refractivity contribution in [1.29, 1.82) is 0 Å². The number of nitrogens with one attached hydrogen (secondary N) is 2. The highest BCUT2D eigenvalue weighted by Crippen LogP contribution is 2.20. The average molecular weight is 378 g/mol. The van der Waals surface area contributed by atoms with Crippen molar-refractivity contribution in [2.45, 2.75) is 20.4 Å². The van der Waals surface area contributed by atoms with E-state index in [1.165, 1.54) is 5.69 Å². The molecule has 0 saturated heterocycles. The summed E-state index contributed by atoms with van der Waals surface area (Å²) in [6.45, 7) is 6.91. The molecular formula is C21H26N6O. The van der Waals surface area contributed by atoms with Crippen molar-refractivity contribution in [3.63, 3.8) is 0 Å². The van der Waals surface area contributed by atoms with Crippen molar-refractivity contribution in [3.05, 3.63) is 60.3 Å². The lowest BCUT2D eigenvalue weighted by atomic mass is 10.2. The third kappa shape index (κ3) is 5.09. The van der Waals surface area contributed by atoms with Crippen molar-refractivity contribution in [3.8, 4) is 5.75 Å². The first-order valence-corrected chi connectivity index (χ1v) is 9.40. The molecule has 1 aromatic heterocycles. The SMILES string of the molecule is CCN(CC)c1ccc(Nc2nncc(NCc3ccc(OC)cc3)n2)cc1. The van der Waals surface area contributed by atoms with Crippen LogP contribution in [0.3, 0.4) is 0 Å². The second-order valence-electron chi connectivity index (χ2n) is 6.21. The summed E-state index contributed by atoms with van der Waals surface area (Å²) in [5.74, 6) is 1.95. The van der Waals surface area contributed by atoms with Gasteiger partial charge >= 0.3 is 0 Å². The highest BCUT2D eigenvalue weighted by Gasteiger charge is 2.04. The Kier molecular flexibility index (Phi) is 6.62. The number of ether oxygens (including phenoxy) is 1. The van der Waals surface area contributed by atoms with Crippen LogP contribution >= 0.6 is 0 Å². The Labute approximate surface area is 165 Å². The van der Waals surface area contributed by atoms with Crippen LogP contribution in [0.4, 0.5) is 23.1 Å². The van der Waals surface area contributed by atoms with Gasteiger partial charge in [-0.25, -0.2) is 0 Å². The minimum atomic E-state index is 0.454. The predicted octanol–water partition coefficient (Wildman–Crippen LogP) is 4.08. The molecule has 0 aliphatic heterocycles. The average Bonchev–Trinajstić information content (AvgIpc) is 2.75. The van der Waals surface area contributed by atoms with Crippen LogP contribution in [0.1, 0.15) is 19.4 Å². The van der Waals surface area contributed by atoms with Gasteiger partial charge < -0.3 is 20.3 Å². The molecule has 0 fully saturated rings. The molecule has 0 aliphatic carbocycles. The van der Waals surface area contributed by atoms with Gasteiger partial charge in [-0.05, 0) is 55.8 Å². The van der Waals surface area contributed by atoms with Gasteiger partial charge in [0.15, 0.2) is 5.82 Å². The normalized spacial score (nSPS) is 10.4. The highest BCUT2D eigenvalue weighted by atomic mass is 16.5. The Bertz CT molecular complexity index is 863. The molecule has 0 saturated carbocycles. The summed E-state index contributed by atoms with van der Waals surface area (Å²) in [4.78, 5) is 6.77. The third-order valence-corrected chi connectivity index (χ3v) is 4.44. The van der Waals surface area contributed by atoms with Crippen LogP contribution in [0.15, 0.2) is 54.7 Å². The van der Waals surface area contributed by atoms with Crippen LogP contribution in [0.2, 0.25) is 0 Å². The number of hydrogen-bond donors (Lipinski definition) is 2. The van der Waals surface area contributed by atoms with E-state index in [-0.39, 0.29) is 0 Å². The third-order valence-electron chi connectivity index (χ3n) is 4.44. The van der Waals surface area contributed by atoms with Crippen LogP contribution in [0, 0.1) is 0 Å². The standard InChI is InChI=1S/C21H26N6O/c1-4-27(5-2)18-10-8-17(9-11-18)24-21-25-20(15-23-26-21)22-14-16-6-12-19(28-3)13-7-16/h6-13,15H,4-5,14H2,1-3H3,(H2,22,24,25,26). The Hall–Kier alpha value is -3.35. The first-order valence-electron chi connectivity index (χ1n) is 9.40. The first-order chi connectivity index (χ1) is 13.7. The Balaban J connectivity index is 1.61. The lowest BCUT2D eigenvalue weighted by Gasteiger charge is -2.21. The van der Waals surface area contributed by atoms with Crippen LogP contribution in [-0.2, 0) is 6.54 Å². The maximum absolute atomic E-state index is 5.18. The number of rotatable bonds is 9. The van der Waals surface area contributed by atoms with Crippen LogP contribution in [-0.4, -0.2) is 35.4 Å². The van der Waals surface area contributed by atoms with Gasteiger partial charge in [-0.1, -0.05) is 12.1 Å². The molecule has 7 nitrogen and oxygen atoms in total. The predicted molar refractivity (Wildman–Crippen MR) is 113 cm³/mol. The molecule has 0 bridgehead atoms. The number of anilines is 4. The molecule has 2 N–H and O–H groups in total. The van der Waals surface area contributed by atoms with Gasteiger partial charge in [-0.3, -0.25) is 0 Å². The molecule has 0 aliphatic rings. The molecular weight excluding hydrogens is 352 g/mol. The zero-order valence-electron chi connectivity index (χ0n) is 16.5. The minimum Gasteiger partial charge on any atom is -0.497 e. The Morgan fingerprint density at radius 2 is 1.68 bits per heavy atom. The van der Waals surface area contributed by atoms with E-state index in [0.29, 0.717) is 18.3 Å². The molecule has 28 heavy (non-hydrogen) atoms. The maximum Gasteiger partial charge on any atom is 0.249 e. The summed E-state index contributed by atoms with van der Waals surface area (Å²) >= 11 is 0. The lowest BCUT2D eigenvalue weighted by Crippen LogP contribution is -2.21. The van der Waals surface area contributed by atoms with Crippen molar-refractivity contribution >= 4 is 23.1 Å². The summed E-state index contributed by atoms with van der Waals surface area (Å²) < 4.78 is 5.18. The number of aromatic nitrogens is 3. The van der Waals surface area contributed by atoms with Crippen LogP contribution in [0.25, 0.3) is 0 Å². The quantitative estimate of drug-likeness (QED) is 0.581. The topological polar surface area (TPSA) is 75.2 Å². The number of nitrogens with zero attached hydrogens (tertiary/aromatic N) is 4. The molecule has 3 rings (SSSR count). The van der Waals surface area contributed by atoms with E-state index in [9.17, 15) is 0 Å². The molecule has 0 atom stereocenters. The summed E-state index contributed by atoms with van der Waals surface area (Å²) in [6.07, 6.45) is 1.61. The fourth-order valence-electron chi connectivity index (χ4n) is 2.85. The van der Waals surface area contributed by atoms with E-state index in [4.69, 9.17) is 4.74 Å². The fraction of sp³-hybridized carbons (Fsp3) is 0.286. The van der Waals surface area contributed by atoms with Gasteiger partial charge in [0.25, 0.3) is 0 Å². The van der Waals surface area contributed by atoms with Crippen LogP contribution in [0.5, 0.6) is 5.75 Å². The van der Waals surface area contributed by atoms with E-state index in [0.717, 1.165) is 30.1 Å². The molecule has 3 aromatic rings. The first kappa shape index (κ1) is 19.4. The Morgan fingerprint density at radius 3 is 2.32 bits per heavy atom. The molecule has 146 valence electrons. The molecule has 2 aromatic carbocycles. The van der Waals surface area contributed by atoms with E-state index >= 15 is 0 Å². The summed E-state index contributed by atoms with van der Waals surface area (Å²) in [6, 6.07) is 16.1. The molecule has 0 spiro atoms. The zero-order valence-corrected chi connectivity index (χ0v) is 16.5. The largest absolute Gasteiger partial charge is 0.497 e. The zero-order chi connectivity index (χ0) is 19.8. The highest BCUT2D eigenvalue weighted by molar-refractivity contribution is 5.59. The lowest BCUT2D eigenvalue weighted by molar-refractivity contribution is 0.414. The number of methoxy groups -OCH3 is 1. The minimum absolute atomic E-state index is 0.454. The van der Waals surface area contributed by atoms with Gasteiger partial charge in [-0.15, -0.1) is 5.10 Å². The smallest absolute Gasteiger partial charge is 0.249 e. The van der Waals surface area contributed by atoms with E-state index in [1.807, 2.05) is 36.4 Å². The number of benzene rings is 2. The van der Waals surface area contributed by atoms with Gasteiger partial charge in [0.05, 0.1) is 13.3 Å². The summed E-state index contributed by atoms with van der Waals surface area (Å²) in [5, 5.41) is 14.6.